The van der Waals surface area contributed by atoms with Crippen LogP contribution in [0.4, 0.5) is 5.69 Å². The van der Waals surface area contributed by atoms with Gasteiger partial charge in [-0.05, 0) is 31.2 Å². The van der Waals surface area contributed by atoms with E-state index >= 15 is 0 Å². The van der Waals surface area contributed by atoms with Gasteiger partial charge in [0.1, 0.15) is 17.0 Å². The quantitative estimate of drug-likeness (QED) is 0.728. The Morgan fingerprint density at radius 1 is 1.15 bits per heavy atom. The van der Waals surface area contributed by atoms with Crippen molar-refractivity contribution in [2.75, 3.05) is 11.6 Å². The van der Waals surface area contributed by atoms with E-state index in [1.165, 1.54) is 12.1 Å². The molecule has 0 unspecified atom stereocenters. The highest BCUT2D eigenvalue weighted by atomic mass is 35.5. The second kappa shape index (κ2) is 6.93. The lowest BCUT2D eigenvalue weighted by atomic mass is 10.1. The van der Waals surface area contributed by atoms with Gasteiger partial charge >= 0.3 is 0 Å². The Labute approximate surface area is 155 Å². The van der Waals surface area contributed by atoms with E-state index < -0.39 is 15.7 Å². The van der Waals surface area contributed by atoms with Gasteiger partial charge in [0.05, 0.1) is 9.92 Å². The highest BCUT2D eigenvalue weighted by Gasteiger charge is 2.23. The van der Waals surface area contributed by atoms with Gasteiger partial charge in [-0.1, -0.05) is 41.0 Å². The first-order valence-electron chi connectivity index (χ1n) is 7.60. The number of nitrogens with one attached hydrogen (secondary N) is 1. The molecule has 1 aromatic heterocycles. The average Bonchev–Trinajstić information content (AvgIpc) is 2.96. The summed E-state index contributed by atoms with van der Waals surface area (Å²) in [4.78, 5) is 12.9. The number of benzene rings is 2. The number of rotatable bonds is 4. The second-order valence-electron chi connectivity index (χ2n) is 5.70. The van der Waals surface area contributed by atoms with Crippen LogP contribution in [0.25, 0.3) is 11.3 Å². The van der Waals surface area contributed by atoms with E-state index in [0.29, 0.717) is 27.7 Å². The van der Waals surface area contributed by atoms with E-state index in [2.05, 4.69) is 10.5 Å². The van der Waals surface area contributed by atoms with Crippen LogP contribution in [-0.4, -0.2) is 25.7 Å². The van der Waals surface area contributed by atoms with Crippen molar-refractivity contribution in [3.05, 3.63) is 64.9 Å². The summed E-state index contributed by atoms with van der Waals surface area (Å²) in [5.74, 6) is -0.138. The smallest absolute Gasteiger partial charge is 0.261 e. The largest absolute Gasteiger partial charge is 0.360 e. The van der Waals surface area contributed by atoms with Crippen LogP contribution in [0.3, 0.4) is 0 Å². The van der Waals surface area contributed by atoms with E-state index in [-0.39, 0.29) is 10.5 Å². The molecule has 0 aliphatic carbocycles. The van der Waals surface area contributed by atoms with Crippen molar-refractivity contribution < 1.29 is 17.7 Å². The van der Waals surface area contributed by atoms with Crippen molar-refractivity contribution >= 4 is 33.0 Å². The van der Waals surface area contributed by atoms with Crippen LogP contribution in [-0.2, 0) is 9.84 Å². The van der Waals surface area contributed by atoms with Crippen LogP contribution in [0.1, 0.15) is 16.1 Å². The van der Waals surface area contributed by atoms with E-state index in [1.807, 2.05) is 0 Å². The topological polar surface area (TPSA) is 89.3 Å². The molecule has 8 heteroatoms. The van der Waals surface area contributed by atoms with Crippen LogP contribution < -0.4 is 5.32 Å². The van der Waals surface area contributed by atoms with E-state index in [9.17, 15) is 13.2 Å². The first kappa shape index (κ1) is 18.2. The molecule has 0 aliphatic rings. The number of amides is 1. The number of sulfone groups is 1. The van der Waals surface area contributed by atoms with Crippen LogP contribution in [0, 0.1) is 6.92 Å². The molecule has 1 heterocycles. The number of halogens is 1. The first-order valence-corrected chi connectivity index (χ1v) is 9.87. The maximum atomic E-state index is 12.8. The fourth-order valence-corrected chi connectivity index (χ4v) is 3.37. The van der Waals surface area contributed by atoms with E-state index in [0.717, 1.165) is 6.26 Å². The molecule has 0 saturated carbocycles. The van der Waals surface area contributed by atoms with Gasteiger partial charge in [-0.3, -0.25) is 4.79 Å². The maximum absolute atomic E-state index is 12.8. The van der Waals surface area contributed by atoms with Gasteiger partial charge < -0.3 is 9.84 Å². The second-order valence-corrected chi connectivity index (χ2v) is 8.12. The molecule has 6 nitrogen and oxygen atoms in total. The fraction of sp³-hybridized carbons (Fsp3) is 0.111. The summed E-state index contributed by atoms with van der Waals surface area (Å²) in [6.45, 7) is 1.62. The van der Waals surface area contributed by atoms with Gasteiger partial charge in [-0.15, -0.1) is 0 Å². The average molecular weight is 391 g/mol. The lowest BCUT2D eigenvalue weighted by Gasteiger charge is -2.08. The first-order chi connectivity index (χ1) is 12.3. The maximum Gasteiger partial charge on any atom is 0.261 e. The van der Waals surface area contributed by atoms with Crippen molar-refractivity contribution in [2.24, 2.45) is 0 Å². The molecule has 0 radical (unpaired) electrons. The summed E-state index contributed by atoms with van der Waals surface area (Å²) in [5.41, 5.74) is 1.48. The standard InChI is InChI=1S/C18H15ClN2O4S/c1-11-16(17(21-25-11)14-8-3-4-9-15(14)19)18(22)20-12-6-5-7-13(10-12)26(2,23)24/h3-10H,1-2H3,(H,20,22). The molecule has 3 rings (SSSR count). The molecule has 2 aromatic carbocycles. The van der Waals surface area contributed by atoms with E-state index in [1.54, 1.807) is 43.3 Å². The Balaban J connectivity index is 1.98. The van der Waals surface area contributed by atoms with Crippen molar-refractivity contribution in [3.8, 4) is 11.3 Å². The molecule has 0 bridgehead atoms. The Hall–Kier alpha value is -2.64. The molecule has 0 spiro atoms. The van der Waals surface area contributed by atoms with Crippen LogP contribution in [0.15, 0.2) is 57.9 Å². The summed E-state index contributed by atoms with van der Waals surface area (Å²) < 4.78 is 28.5. The summed E-state index contributed by atoms with van der Waals surface area (Å²) >= 11 is 6.20. The third-order valence-electron chi connectivity index (χ3n) is 3.74. The fourth-order valence-electron chi connectivity index (χ4n) is 2.47. The molecule has 1 N–H and O–H groups in total. The van der Waals surface area contributed by atoms with Gasteiger partial charge in [0.25, 0.3) is 5.91 Å². The van der Waals surface area contributed by atoms with Gasteiger partial charge in [-0.25, -0.2) is 8.42 Å². The number of aryl methyl sites for hydroxylation is 1. The van der Waals surface area contributed by atoms with Gasteiger partial charge in [0.2, 0.25) is 0 Å². The molecule has 3 aromatic rings. The number of hydrogen-bond acceptors (Lipinski definition) is 5. The summed E-state index contributed by atoms with van der Waals surface area (Å²) in [5, 5.41) is 7.07. The minimum atomic E-state index is -3.38. The SMILES string of the molecule is Cc1onc(-c2ccccc2Cl)c1C(=O)Nc1cccc(S(C)(=O)=O)c1. The number of aromatic nitrogens is 1. The molecule has 0 atom stereocenters. The molecule has 0 fully saturated rings. The van der Waals surface area contributed by atoms with Crippen molar-refractivity contribution in [2.45, 2.75) is 11.8 Å². The van der Waals surface area contributed by atoms with Gasteiger partial charge in [0.15, 0.2) is 9.84 Å². The molecular formula is C18H15ClN2O4S. The van der Waals surface area contributed by atoms with E-state index in [4.69, 9.17) is 16.1 Å². The third kappa shape index (κ3) is 3.63. The molecule has 0 aliphatic heterocycles. The number of anilines is 1. The molecular weight excluding hydrogens is 376 g/mol. The van der Waals surface area contributed by atoms with Crippen LogP contribution in [0.2, 0.25) is 5.02 Å². The zero-order valence-corrected chi connectivity index (χ0v) is 15.6. The molecule has 26 heavy (non-hydrogen) atoms. The molecule has 134 valence electrons. The summed E-state index contributed by atoms with van der Waals surface area (Å²) in [6, 6.07) is 13.0. The predicted octanol–water partition coefficient (Wildman–Crippen LogP) is 3.96. The third-order valence-corrected chi connectivity index (χ3v) is 5.18. The number of carbonyl (C=O) groups excluding carboxylic acids is 1. The lowest BCUT2D eigenvalue weighted by molar-refractivity contribution is 0.102. The van der Waals surface area contributed by atoms with Crippen molar-refractivity contribution in [1.82, 2.24) is 5.16 Å². The highest BCUT2D eigenvalue weighted by molar-refractivity contribution is 7.90. The predicted molar refractivity (Wildman–Crippen MR) is 99.2 cm³/mol. The monoisotopic (exact) mass is 390 g/mol. The highest BCUT2D eigenvalue weighted by Crippen LogP contribution is 2.31. The van der Waals surface area contributed by atoms with Crippen molar-refractivity contribution in [3.63, 3.8) is 0 Å². The van der Waals surface area contributed by atoms with Crippen LogP contribution >= 0.6 is 11.6 Å². The normalized spacial score (nSPS) is 11.3. The summed E-state index contributed by atoms with van der Waals surface area (Å²) in [6.07, 6.45) is 1.10. The van der Waals surface area contributed by atoms with Gasteiger partial charge in [0, 0.05) is 17.5 Å². The minimum Gasteiger partial charge on any atom is -0.360 e. The van der Waals surface area contributed by atoms with Crippen LogP contribution in [0.5, 0.6) is 0 Å². The lowest BCUT2D eigenvalue weighted by Crippen LogP contribution is -2.14. The number of nitrogens with zero attached hydrogens (tertiary/aromatic N) is 1. The molecule has 0 saturated heterocycles. The molecule has 1 amide bonds. The zero-order valence-electron chi connectivity index (χ0n) is 14.0. The zero-order chi connectivity index (χ0) is 18.9. The Kier molecular flexibility index (Phi) is 4.84. The Morgan fingerprint density at radius 3 is 2.58 bits per heavy atom. The minimum absolute atomic E-state index is 0.115. The number of carbonyl (C=O) groups is 1. The van der Waals surface area contributed by atoms with Crippen molar-refractivity contribution in [1.29, 1.82) is 0 Å². The Morgan fingerprint density at radius 2 is 1.88 bits per heavy atom. The number of hydrogen-bond donors (Lipinski definition) is 1. The Bertz CT molecular complexity index is 1090. The summed E-state index contributed by atoms with van der Waals surface area (Å²) in [7, 11) is -3.38. The van der Waals surface area contributed by atoms with Gasteiger partial charge in [-0.2, -0.15) is 0 Å².